The molecule has 610 valence electrons. The Morgan fingerprint density at radius 3 is 1.27 bits per heavy atom. The van der Waals surface area contributed by atoms with E-state index in [4.69, 9.17) is 16.9 Å². The number of nitrogens with zero attached hydrogens (tertiary/aromatic N) is 5. The van der Waals surface area contributed by atoms with Crippen molar-refractivity contribution in [2.24, 2.45) is 121 Å². The smallest absolute Gasteiger partial charge is 0.372 e. The lowest BCUT2D eigenvalue weighted by molar-refractivity contribution is -0.182. The van der Waals surface area contributed by atoms with Crippen LogP contribution in [0.4, 0.5) is 0 Å². The van der Waals surface area contributed by atoms with Crippen molar-refractivity contribution >= 4 is 84.2 Å². The van der Waals surface area contributed by atoms with E-state index in [2.05, 4.69) is 82.8 Å². The van der Waals surface area contributed by atoms with Crippen LogP contribution in [-0.2, 0) is 42.2 Å². The summed E-state index contributed by atoms with van der Waals surface area (Å²) >= 11 is 12.3. The van der Waals surface area contributed by atoms with Gasteiger partial charge in [-0.05, 0) is 328 Å². The fraction of sp³-hybridized carbons (Fsp3) is 0.782. The van der Waals surface area contributed by atoms with Gasteiger partial charge in [0.2, 0.25) is 0 Å². The van der Waals surface area contributed by atoms with Crippen LogP contribution in [0.3, 0.4) is 0 Å². The molecule has 12 aliphatic carbocycles. The second kappa shape index (κ2) is 34.0. The van der Waals surface area contributed by atoms with Crippen molar-refractivity contribution in [2.75, 3.05) is 24.1 Å². The van der Waals surface area contributed by atoms with Crippen LogP contribution < -0.4 is 0 Å². The standard InChI is InChI=1S/C26H40N2O4S.C26H40N2O2S.C22H35BrO2.C7H5ClO3.C4H6N2S.2CH4/c1-24(30)11-12-25(2)17(13-24)5-6-19-20-7-8-22(26(20,3)10-9-21(19)25)23(29)16-28-15-18(14-27-28)33(4,31)32;1-24(30)11-12-25(2)17(13-24)5-6-19-20-7-8-22(26(20,3)10-9-21(19)25)23(29)16-28-15-18(31-4)14-27-28;1-20(25)10-11-21(2)14(12-20)4-5-15-16-6-7-18(19(24)13-23)22(16,3)9-8-17(15)21;8-6-3-1-2-5(4-6)7(9)11-10;1-7-4-2-5-6-3-4;;/h14-15,17,19-22,30H,5-13,16H2,1-4H3;14-15,17,19-22,30H,5-13,16H2,1-4H3;14-18,25H,4-13H2,1-3H3;1-4,10H;2-3H,1H3,(H,5,6);2*1H4/t2*17-,19+,20+,21+,22-,24-,25+,26+;14-,15+,16+,17+,18-,20-,21+,22+;;;;/m111..../s1. The number of fused-ring (bicyclic) bond motifs is 15. The van der Waals surface area contributed by atoms with Gasteiger partial charge in [-0.15, -0.1) is 23.5 Å². The summed E-state index contributed by atoms with van der Waals surface area (Å²) < 4.78 is 26.9. The average Bonchev–Trinajstić information content (AvgIpc) is 1.69. The molecule has 109 heavy (non-hydrogen) atoms. The van der Waals surface area contributed by atoms with Crippen LogP contribution in [0, 0.1) is 121 Å². The van der Waals surface area contributed by atoms with Gasteiger partial charge in [0.25, 0.3) is 0 Å². The maximum atomic E-state index is 13.4. The van der Waals surface area contributed by atoms with Crippen LogP contribution in [-0.4, -0.2) is 123 Å². The Balaban J connectivity index is 0.000000156. The van der Waals surface area contributed by atoms with Crippen LogP contribution in [0.1, 0.15) is 261 Å². The highest BCUT2D eigenvalue weighted by molar-refractivity contribution is 9.09. The van der Waals surface area contributed by atoms with Crippen LogP contribution in [0.2, 0.25) is 5.02 Å². The van der Waals surface area contributed by atoms with E-state index in [0.29, 0.717) is 86.1 Å². The number of aromatic amines is 1. The number of carbonyl (C=O) groups is 4. The molecular formula is C87H134BrClN6O11S3. The first-order valence-electron chi connectivity index (χ1n) is 40.6. The molecule has 5 N–H and O–H groups in total. The number of aliphatic hydroxyl groups is 3. The molecule has 24 atom stereocenters. The maximum absolute atomic E-state index is 13.4. The molecule has 1 aromatic carbocycles. The summed E-state index contributed by atoms with van der Waals surface area (Å²) in [5.41, 5.74) is 0.387. The molecule has 17 nitrogen and oxygen atoms in total. The lowest BCUT2D eigenvalue weighted by Gasteiger charge is -2.61. The van der Waals surface area contributed by atoms with E-state index in [1.165, 1.54) is 137 Å². The molecule has 12 saturated carbocycles. The van der Waals surface area contributed by atoms with Gasteiger partial charge in [-0.1, -0.05) is 90.0 Å². The molecule has 22 heteroatoms. The Morgan fingerprint density at radius 2 is 0.927 bits per heavy atom. The molecular weight excluding hydrogens is 1520 g/mol. The Hall–Kier alpha value is -3.41. The summed E-state index contributed by atoms with van der Waals surface area (Å²) in [5.74, 6) is 9.36. The third-order valence-corrected chi connectivity index (χ3v) is 35.8. The normalized spacial score (nSPS) is 41.2. The molecule has 16 rings (SSSR count). The Kier molecular flexibility index (Phi) is 27.5. The quantitative estimate of drug-likeness (QED) is 0.0382. The van der Waals surface area contributed by atoms with E-state index in [1.54, 1.807) is 41.9 Å². The number of rotatable bonds is 12. The van der Waals surface area contributed by atoms with Gasteiger partial charge >= 0.3 is 5.97 Å². The number of halogens is 2. The van der Waals surface area contributed by atoms with E-state index in [1.807, 2.05) is 56.6 Å². The number of hydrogen-bond acceptors (Lipinski definition) is 16. The number of sulfone groups is 1. The van der Waals surface area contributed by atoms with E-state index >= 15 is 0 Å². The largest absolute Gasteiger partial charge is 0.390 e. The van der Waals surface area contributed by atoms with Crippen LogP contribution in [0.5, 0.6) is 0 Å². The van der Waals surface area contributed by atoms with Crippen molar-refractivity contribution in [3.05, 3.63) is 72.0 Å². The molecule has 0 radical (unpaired) electrons. The van der Waals surface area contributed by atoms with Gasteiger partial charge in [-0.2, -0.15) is 20.6 Å². The third-order valence-electron chi connectivity index (χ3n) is 32.5. The number of hydrogen-bond donors (Lipinski definition) is 5. The molecule has 12 aliphatic rings. The van der Waals surface area contributed by atoms with Gasteiger partial charge < -0.3 is 15.3 Å². The first kappa shape index (κ1) is 88.0. The van der Waals surface area contributed by atoms with Crippen molar-refractivity contribution in [3.63, 3.8) is 0 Å². The molecule has 3 aromatic heterocycles. The molecule has 0 saturated heterocycles. The van der Waals surface area contributed by atoms with Crippen molar-refractivity contribution < 1.29 is 53.1 Å². The molecule has 0 unspecified atom stereocenters. The number of thioether (sulfide) groups is 2. The van der Waals surface area contributed by atoms with Crippen molar-refractivity contribution in [1.29, 1.82) is 0 Å². The summed E-state index contributed by atoms with van der Waals surface area (Å²) in [6.45, 7) is 21.5. The SMILES string of the molecule is C.C.CSc1cn[nH]c1.CSc1cnn(CC(=O)[C@H]2CC[C@H]3[C@@H]4CC[C@@H]5C[C@](C)(O)CC[C@]5(C)[C@H]4CC[C@]23C)c1.C[C@@]1(O)CC[C@@]2(C)[C@H](CC[C@@H]3[C@@H]2CC[C@]2(C)[C@@H](C(=O)CBr)CC[C@@H]32)C1.C[C@@]1(O)CC[C@@]2(C)[C@H](CC[C@@H]3[C@@H]2CC[C@]2(C)[C@@H](C(=O)Cn4cc(S(C)(=O)=O)cn4)CC[C@@H]32)C1.O=C(OO)c1cccc(Cl)c1. The van der Waals surface area contributed by atoms with Crippen molar-refractivity contribution in [1.82, 2.24) is 29.8 Å². The zero-order valence-corrected chi connectivity index (χ0v) is 70.8. The van der Waals surface area contributed by atoms with E-state index in [9.17, 15) is 42.9 Å². The summed E-state index contributed by atoms with van der Waals surface area (Å²) in [5, 5.41) is 56.0. The molecule has 0 spiro atoms. The third kappa shape index (κ3) is 17.7. The van der Waals surface area contributed by atoms with E-state index in [0.717, 1.165) is 112 Å². The zero-order chi connectivity index (χ0) is 77.2. The lowest BCUT2D eigenvalue weighted by Crippen LogP contribution is -2.55. The summed E-state index contributed by atoms with van der Waals surface area (Å²) in [4.78, 5) is 55.9. The van der Waals surface area contributed by atoms with Gasteiger partial charge in [-0.3, -0.25) is 33.7 Å². The minimum atomic E-state index is -3.31. The van der Waals surface area contributed by atoms with Gasteiger partial charge in [-0.25, -0.2) is 13.2 Å². The number of benzene rings is 1. The predicted molar refractivity (Wildman–Crippen MR) is 439 cm³/mol. The van der Waals surface area contributed by atoms with Crippen LogP contribution in [0.15, 0.2) is 76.1 Å². The number of carbonyl (C=O) groups excluding carboxylic acids is 4. The number of Topliss-reactive ketones (excluding diaryl/α,β-unsaturated/α-hetero) is 3. The highest BCUT2D eigenvalue weighted by Gasteiger charge is 2.66. The molecule has 0 amide bonds. The van der Waals surface area contributed by atoms with Crippen LogP contribution >= 0.6 is 51.1 Å². The number of alkyl halides is 1. The van der Waals surface area contributed by atoms with Crippen LogP contribution in [0.25, 0.3) is 0 Å². The van der Waals surface area contributed by atoms with E-state index < -0.39 is 32.6 Å². The molecule has 12 fully saturated rings. The number of H-pyrrole nitrogens is 1. The van der Waals surface area contributed by atoms with Gasteiger partial charge in [0, 0.05) is 57.4 Å². The number of aromatic nitrogens is 6. The first-order chi connectivity index (χ1) is 50.4. The topological polar surface area (TPSA) is 257 Å². The Labute approximate surface area is 674 Å². The summed E-state index contributed by atoms with van der Waals surface area (Å²) in [7, 11) is -3.31. The second-order valence-corrected chi connectivity index (χ2v) is 43.2. The Bertz CT molecular complexity index is 3920. The highest BCUT2D eigenvalue weighted by Crippen LogP contribution is 2.72. The molecule has 0 aliphatic heterocycles. The fourth-order valence-corrected chi connectivity index (χ4v) is 28.5. The Morgan fingerprint density at radius 1 is 0.532 bits per heavy atom. The molecule has 0 bridgehead atoms. The second-order valence-electron chi connectivity index (χ2n) is 38.4. The monoisotopic (exact) mass is 1650 g/mol. The van der Waals surface area contributed by atoms with Crippen molar-refractivity contribution in [2.45, 2.75) is 295 Å². The predicted octanol–water partition coefficient (Wildman–Crippen LogP) is 19.6. The minimum Gasteiger partial charge on any atom is -0.390 e. The first-order valence-corrected chi connectivity index (χ1v) is 46.5. The molecule has 4 aromatic rings. The summed E-state index contributed by atoms with van der Waals surface area (Å²) in [6.07, 6.45) is 46.5. The van der Waals surface area contributed by atoms with E-state index in [-0.39, 0.29) is 71.6 Å². The van der Waals surface area contributed by atoms with Gasteiger partial charge in [0.05, 0.1) is 59.4 Å². The molecule has 3 heterocycles. The van der Waals surface area contributed by atoms with Gasteiger partial charge in [0.1, 0.15) is 10.7 Å². The number of nitrogens with one attached hydrogen (secondary N) is 1. The van der Waals surface area contributed by atoms with Gasteiger partial charge in [0.15, 0.2) is 21.4 Å². The highest BCUT2D eigenvalue weighted by atomic mass is 79.9. The number of ketones is 3. The summed E-state index contributed by atoms with van der Waals surface area (Å²) in [6, 6.07) is 6.11. The maximum Gasteiger partial charge on any atom is 0.372 e. The average molecular weight is 1650 g/mol. The van der Waals surface area contributed by atoms with Crippen molar-refractivity contribution in [3.8, 4) is 0 Å². The lowest BCUT2D eigenvalue weighted by atomic mass is 9.44. The zero-order valence-electron chi connectivity index (χ0n) is 66.0. The fourth-order valence-electron chi connectivity index (χ4n) is 26.7. The minimum absolute atomic E-state index is 0.